The Morgan fingerprint density at radius 1 is 0.955 bits per heavy atom. The van der Waals surface area contributed by atoms with Gasteiger partial charge in [0.15, 0.2) is 6.29 Å². The molecule has 0 spiro atoms. The Kier molecular flexibility index (Phi) is 4.45. The number of nitrogens with zero attached hydrogens (tertiary/aromatic N) is 2. The molecule has 1 heterocycles. The Labute approximate surface area is 130 Å². The molecule has 0 N–H and O–H groups in total. The second-order valence-corrected chi connectivity index (χ2v) is 5.25. The molecule has 1 saturated heterocycles. The topological polar surface area (TPSA) is 43.2 Å². The average molecular weight is 294 g/mol. The molecule has 0 atom stereocenters. The van der Waals surface area contributed by atoms with Crippen molar-refractivity contribution in [3.8, 4) is 0 Å². The highest BCUT2D eigenvalue weighted by atomic mass is 16.7. The molecular formula is C18H18N2O2. The summed E-state index contributed by atoms with van der Waals surface area (Å²) < 4.78 is 11.1. The van der Waals surface area contributed by atoms with Crippen molar-refractivity contribution in [1.82, 2.24) is 0 Å². The molecule has 0 radical (unpaired) electrons. The van der Waals surface area contributed by atoms with Crippen molar-refractivity contribution in [3.05, 3.63) is 59.2 Å². The second kappa shape index (κ2) is 6.67. The number of aliphatic imine (C=N–C) groups is 2. The minimum absolute atomic E-state index is 0.347. The normalized spacial score (nSPS) is 14.6. The highest BCUT2D eigenvalue weighted by Gasteiger charge is 2.21. The van der Waals surface area contributed by atoms with Crippen LogP contribution in [0.2, 0.25) is 0 Å². The van der Waals surface area contributed by atoms with Gasteiger partial charge in [0.1, 0.15) is 6.01 Å². The van der Waals surface area contributed by atoms with Crippen LogP contribution in [0.1, 0.15) is 23.0 Å². The van der Waals surface area contributed by atoms with Crippen LogP contribution in [0.4, 0.5) is 11.4 Å². The van der Waals surface area contributed by atoms with Gasteiger partial charge in [-0.05, 0) is 31.5 Å². The number of hydrogen-bond acceptors (Lipinski definition) is 4. The van der Waals surface area contributed by atoms with Gasteiger partial charge in [0.2, 0.25) is 0 Å². The first-order valence-corrected chi connectivity index (χ1v) is 7.30. The fraction of sp³-hybridized carbons (Fsp3) is 0.278. The lowest BCUT2D eigenvalue weighted by Crippen LogP contribution is -1.99. The predicted molar refractivity (Wildman–Crippen MR) is 86.2 cm³/mol. The van der Waals surface area contributed by atoms with Crippen LogP contribution in [0.15, 0.2) is 52.4 Å². The Balaban J connectivity index is 1.90. The molecule has 1 aliphatic rings. The smallest absolute Gasteiger partial charge is 0.186 e. The lowest BCUT2D eigenvalue weighted by Gasteiger charge is -2.12. The van der Waals surface area contributed by atoms with Gasteiger partial charge in [-0.15, -0.1) is 0 Å². The van der Waals surface area contributed by atoms with Crippen molar-refractivity contribution >= 4 is 17.4 Å². The zero-order valence-electron chi connectivity index (χ0n) is 12.7. The fourth-order valence-corrected chi connectivity index (χ4v) is 2.31. The molecule has 112 valence electrons. The molecule has 1 fully saturated rings. The highest BCUT2D eigenvalue weighted by Crippen LogP contribution is 2.33. The van der Waals surface area contributed by atoms with Gasteiger partial charge in [-0.3, -0.25) is 0 Å². The summed E-state index contributed by atoms with van der Waals surface area (Å²) in [4.78, 5) is 8.64. The van der Waals surface area contributed by atoms with Crippen molar-refractivity contribution in [3.63, 3.8) is 0 Å². The van der Waals surface area contributed by atoms with Crippen LogP contribution in [0.3, 0.4) is 0 Å². The molecule has 22 heavy (non-hydrogen) atoms. The molecule has 3 rings (SSSR count). The largest absolute Gasteiger partial charge is 0.346 e. The van der Waals surface area contributed by atoms with E-state index in [1.165, 1.54) is 5.56 Å². The maximum Gasteiger partial charge on any atom is 0.186 e. The van der Waals surface area contributed by atoms with Crippen molar-refractivity contribution in [2.45, 2.75) is 20.1 Å². The maximum atomic E-state index is 5.57. The summed E-state index contributed by atoms with van der Waals surface area (Å²) in [5.74, 6) is 0. The minimum Gasteiger partial charge on any atom is -0.346 e. The number of aryl methyl sites for hydroxylation is 2. The third-order valence-electron chi connectivity index (χ3n) is 3.52. The number of hydrogen-bond donors (Lipinski definition) is 0. The summed E-state index contributed by atoms with van der Waals surface area (Å²) in [6, 6.07) is 16.6. The average Bonchev–Trinajstić information content (AvgIpc) is 3.05. The Morgan fingerprint density at radius 3 is 2.41 bits per heavy atom. The first-order valence-electron chi connectivity index (χ1n) is 7.30. The molecule has 0 bridgehead atoms. The van der Waals surface area contributed by atoms with E-state index >= 15 is 0 Å². The number of benzene rings is 2. The Bertz CT molecular complexity index is 710. The van der Waals surface area contributed by atoms with E-state index in [4.69, 9.17) is 9.47 Å². The van der Waals surface area contributed by atoms with E-state index in [-0.39, 0.29) is 6.29 Å². The Hall–Kier alpha value is -2.26. The molecule has 0 aromatic heterocycles. The molecular weight excluding hydrogens is 276 g/mol. The lowest BCUT2D eigenvalue weighted by atomic mass is 10.1. The van der Waals surface area contributed by atoms with Crippen LogP contribution in [0, 0.1) is 13.8 Å². The van der Waals surface area contributed by atoms with Gasteiger partial charge in [0.05, 0.1) is 24.6 Å². The van der Waals surface area contributed by atoms with Crippen LogP contribution in [0.5, 0.6) is 0 Å². The molecule has 2 aromatic carbocycles. The van der Waals surface area contributed by atoms with Gasteiger partial charge in [-0.1, -0.05) is 35.9 Å². The first kappa shape index (κ1) is 14.7. The third kappa shape index (κ3) is 3.31. The molecule has 0 unspecified atom stereocenters. The van der Waals surface area contributed by atoms with E-state index < -0.39 is 0 Å². The van der Waals surface area contributed by atoms with Crippen LogP contribution < -0.4 is 0 Å². The summed E-state index contributed by atoms with van der Waals surface area (Å²) in [7, 11) is 0. The molecule has 4 heteroatoms. The van der Waals surface area contributed by atoms with Gasteiger partial charge in [-0.25, -0.2) is 0 Å². The third-order valence-corrected chi connectivity index (χ3v) is 3.52. The number of rotatable bonds is 3. The molecule has 0 amide bonds. The van der Waals surface area contributed by atoms with E-state index in [1.54, 1.807) is 0 Å². The molecule has 0 aliphatic carbocycles. The van der Waals surface area contributed by atoms with Crippen molar-refractivity contribution in [1.29, 1.82) is 0 Å². The zero-order chi connectivity index (χ0) is 15.4. The first-order chi connectivity index (χ1) is 10.7. The monoisotopic (exact) mass is 294 g/mol. The van der Waals surface area contributed by atoms with Gasteiger partial charge < -0.3 is 9.47 Å². The molecule has 2 aromatic rings. The quantitative estimate of drug-likeness (QED) is 0.783. The predicted octanol–water partition coefficient (Wildman–Crippen LogP) is 4.49. The van der Waals surface area contributed by atoms with E-state index in [0.29, 0.717) is 13.2 Å². The van der Waals surface area contributed by atoms with Gasteiger partial charge in [0.25, 0.3) is 0 Å². The van der Waals surface area contributed by atoms with Crippen LogP contribution >= 0.6 is 0 Å². The van der Waals surface area contributed by atoms with E-state index in [9.17, 15) is 0 Å². The summed E-state index contributed by atoms with van der Waals surface area (Å²) >= 11 is 0. The fourth-order valence-electron chi connectivity index (χ4n) is 2.31. The SMILES string of the molecule is Cc1ccc(N=C=Nc2c(C)cccc2C2OCCO2)cc1. The van der Waals surface area contributed by atoms with Gasteiger partial charge in [-0.2, -0.15) is 9.98 Å². The lowest BCUT2D eigenvalue weighted by molar-refractivity contribution is -0.0436. The van der Waals surface area contributed by atoms with Crippen LogP contribution in [0.25, 0.3) is 0 Å². The summed E-state index contributed by atoms with van der Waals surface area (Å²) in [5, 5.41) is 0. The van der Waals surface area contributed by atoms with Crippen molar-refractivity contribution < 1.29 is 9.47 Å². The van der Waals surface area contributed by atoms with Crippen LogP contribution in [-0.4, -0.2) is 19.2 Å². The highest BCUT2D eigenvalue weighted by molar-refractivity contribution is 5.62. The summed E-state index contributed by atoms with van der Waals surface area (Å²) in [6.45, 7) is 5.27. The van der Waals surface area contributed by atoms with E-state index in [0.717, 1.165) is 22.5 Å². The maximum absolute atomic E-state index is 5.57. The van der Waals surface area contributed by atoms with Gasteiger partial charge in [0, 0.05) is 5.56 Å². The Morgan fingerprint density at radius 2 is 1.68 bits per heavy atom. The van der Waals surface area contributed by atoms with Gasteiger partial charge >= 0.3 is 0 Å². The molecule has 4 nitrogen and oxygen atoms in total. The second-order valence-electron chi connectivity index (χ2n) is 5.25. The molecule has 0 saturated carbocycles. The van der Waals surface area contributed by atoms with Crippen molar-refractivity contribution in [2.24, 2.45) is 9.98 Å². The summed E-state index contributed by atoms with van der Waals surface area (Å²) in [6.07, 6.45) is -0.347. The number of para-hydroxylation sites is 1. The van der Waals surface area contributed by atoms with E-state index in [1.807, 2.05) is 56.3 Å². The molecule has 1 aliphatic heterocycles. The minimum atomic E-state index is -0.347. The number of ether oxygens (including phenoxy) is 2. The zero-order valence-corrected chi connectivity index (χ0v) is 12.7. The van der Waals surface area contributed by atoms with Crippen molar-refractivity contribution in [2.75, 3.05) is 13.2 Å². The summed E-state index contributed by atoms with van der Waals surface area (Å²) in [5.41, 5.74) is 4.81. The standard InChI is InChI=1S/C18H18N2O2/c1-13-6-8-15(9-7-13)19-12-20-17-14(2)4-3-5-16(17)18-21-10-11-22-18/h3-9,18H,10-11H2,1-2H3. The van der Waals surface area contributed by atoms with Crippen LogP contribution in [-0.2, 0) is 9.47 Å². The van der Waals surface area contributed by atoms with E-state index in [2.05, 4.69) is 16.0 Å².